The number of nitrogens with zero attached hydrogens (tertiary/aromatic N) is 1. The molecule has 1 heterocycles. The molecular formula is C13H15N3O. The Labute approximate surface area is 99.8 Å². The van der Waals surface area contributed by atoms with E-state index < -0.39 is 0 Å². The Bertz CT molecular complexity index is 578. The van der Waals surface area contributed by atoms with Gasteiger partial charge < -0.3 is 0 Å². The van der Waals surface area contributed by atoms with Gasteiger partial charge in [-0.2, -0.15) is 0 Å². The minimum absolute atomic E-state index is 0.307. The summed E-state index contributed by atoms with van der Waals surface area (Å²) in [6, 6.07) is 7.91. The maximum Gasteiger partial charge on any atom is 0.267 e. The number of benzene rings is 1. The van der Waals surface area contributed by atoms with E-state index in [4.69, 9.17) is 5.84 Å². The molecule has 4 heteroatoms. The minimum Gasteiger partial charge on any atom is -0.290 e. The lowest BCUT2D eigenvalue weighted by molar-refractivity contribution is 0.0953. The molecule has 1 aromatic carbocycles. The molecule has 88 valence electrons. The molecule has 3 N–H and O–H groups in total. The standard InChI is InChI=1S/C13H15N3O/c1-3-9-4-5-12-10(6-9)7-11(8(2)15-12)13(17)16-14/h4-7H,3,14H2,1-2H3,(H,16,17). The molecule has 1 aromatic heterocycles. The molecule has 0 radical (unpaired) electrons. The van der Waals surface area contributed by atoms with Crippen LogP contribution in [0.2, 0.25) is 0 Å². The smallest absolute Gasteiger partial charge is 0.267 e. The van der Waals surface area contributed by atoms with Gasteiger partial charge in [0, 0.05) is 5.39 Å². The Hall–Kier alpha value is -1.94. The van der Waals surface area contributed by atoms with Crippen LogP contribution in [0.1, 0.15) is 28.5 Å². The second-order valence-electron chi connectivity index (χ2n) is 3.98. The first-order chi connectivity index (χ1) is 8.15. The summed E-state index contributed by atoms with van der Waals surface area (Å²) in [4.78, 5) is 16.0. The molecular weight excluding hydrogens is 214 g/mol. The van der Waals surface area contributed by atoms with Gasteiger partial charge in [0.15, 0.2) is 0 Å². The van der Waals surface area contributed by atoms with Crippen molar-refractivity contribution < 1.29 is 4.79 Å². The minimum atomic E-state index is -0.307. The molecule has 2 rings (SSSR count). The molecule has 2 aromatic rings. The summed E-state index contributed by atoms with van der Waals surface area (Å²) in [6.07, 6.45) is 0.961. The number of aryl methyl sites for hydroxylation is 2. The number of hydrogen-bond donors (Lipinski definition) is 2. The molecule has 0 unspecified atom stereocenters. The monoisotopic (exact) mass is 229 g/mol. The summed E-state index contributed by atoms with van der Waals surface area (Å²) in [5.41, 5.74) is 5.46. The number of nitrogen functional groups attached to an aromatic ring is 1. The first-order valence-corrected chi connectivity index (χ1v) is 5.57. The number of carbonyl (C=O) groups excluding carboxylic acids is 1. The van der Waals surface area contributed by atoms with Crippen LogP contribution in [0.5, 0.6) is 0 Å². The van der Waals surface area contributed by atoms with Gasteiger partial charge in [-0.25, -0.2) is 5.84 Å². The van der Waals surface area contributed by atoms with Gasteiger partial charge in [0.25, 0.3) is 5.91 Å². The third-order valence-electron chi connectivity index (χ3n) is 2.85. The zero-order chi connectivity index (χ0) is 12.4. The van der Waals surface area contributed by atoms with E-state index in [1.807, 2.05) is 12.1 Å². The number of pyridine rings is 1. The van der Waals surface area contributed by atoms with Crippen molar-refractivity contribution in [3.63, 3.8) is 0 Å². The largest absolute Gasteiger partial charge is 0.290 e. The topological polar surface area (TPSA) is 68.0 Å². The number of hydrazine groups is 1. The van der Waals surface area contributed by atoms with Crippen molar-refractivity contribution >= 4 is 16.8 Å². The van der Waals surface area contributed by atoms with Gasteiger partial charge in [-0.15, -0.1) is 0 Å². The number of fused-ring (bicyclic) bond motifs is 1. The van der Waals surface area contributed by atoms with Crippen molar-refractivity contribution in [3.05, 3.63) is 41.1 Å². The van der Waals surface area contributed by atoms with E-state index >= 15 is 0 Å². The van der Waals surface area contributed by atoms with Crippen LogP contribution < -0.4 is 11.3 Å². The number of nitrogens with two attached hydrogens (primary N) is 1. The first kappa shape index (κ1) is 11.5. The van der Waals surface area contributed by atoms with E-state index in [2.05, 4.69) is 29.5 Å². The lowest BCUT2D eigenvalue weighted by atomic mass is 10.1. The van der Waals surface area contributed by atoms with Gasteiger partial charge >= 0.3 is 0 Å². The van der Waals surface area contributed by atoms with Crippen LogP contribution in [0.3, 0.4) is 0 Å². The van der Waals surface area contributed by atoms with Crippen LogP contribution in [0.25, 0.3) is 10.9 Å². The lowest BCUT2D eigenvalue weighted by Gasteiger charge is -2.07. The lowest BCUT2D eigenvalue weighted by Crippen LogP contribution is -2.30. The quantitative estimate of drug-likeness (QED) is 0.468. The Morgan fingerprint density at radius 2 is 2.18 bits per heavy atom. The van der Waals surface area contributed by atoms with Crippen LogP contribution in [0, 0.1) is 6.92 Å². The van der Waals surface area contributed by atoms with Gasteiger partial charge in [-0.05, 0) is 37.1 Å². The summed E-state index contributed by atoms with van der Waals surface area (Å²) in [5, 5.41) is 0.966. The molecule has 0 aliphatic rings. The molecule has 0 aliphatic heterocycles. The zero-order valence-electron chi connectivity index (χ0n) is 9.95. The predicted molar refractivity (Wildman–Crippen MR) is 67.5 cm³/mol. The maximum absolute atomic E-state index is 11.6. The summed E-state index contributed by atoms with van der Waals surface area (Å²) >= 11 is 0. The van der Waals surface area contributed by atoms with Gasteiger partial charge in [0.05, 0.1) is 16.8 Å². The van der Waals surface area contributed by atoms with Gasteiger partial charge in [-0.1, -0.05) is 13.0 Å². The highest BCUT2D eigenvalue weighted by Crippen LogP contribution is 2.18. The number of nitrogens with one attached hydrogen (secondary N) is 1. The van der Waals surface area contributed by atoms with E-state index in [1.54, 1.807) is 6.92 Å². The molecule has 1 amide bonds. The van der Waals surface area contributed by atoms with Crippen LogP contribution in [-0.2, 0) is 6.42 Å². The molecule has 0 atom stereocenters. The maximum atomic E-state index is 11.6. The van der Waals surface area contributed by atoms with Crippen molar-refractivity contribution in [1.29, 1.82) is 0 Å². The Kier molecular flexibility index (Phi) is 3.06. The third kappa shape index (κ3) is 2.12. The average molecular weight is 229 g/mol. The van der Waals surface area contributed by atoms with Crippen molar-refractivity contribution in [2.75, 3.05) is 0 Å². The predicted octanol–water partition coefficient (Wildman–Crippen LogP) is 1.71. The molecule has 0 spiro atoms. The Morgan fingerprint density at radius 1 is 1.41 bits per heavy atom. The van der Waals surface area contributed by atoms with E-state index in [1.165, 1.54) is 5.56 Å². The van der Waals surface area contributed by atoms with Crippen LogP contribution >= 0.6 is 0 Å². The SMILES string of the molecule is CCc1ccc2nc(C)c(C(=O)NN)cc2c1. The van der Waals surface area contributed by atoms with Crippen LogP contribution in [0.4, 0.5) is 0 Å². The van der Waals surface area contributed by atoms with Crippen LogP contribution in [0.15, 0.2) is 24.3 Å². The number of carbonyl (C=O) groups is 1. The highest BCUT2D eigenvalue weighted by Gasteiger charge is 2.10. The van der Waals surface area contributed by atoms with Crippen molar-refractivity contribution in [2.45, 2.75) is 20.3 Å². The highest BCUT2D eigenvalue weighted by molar-refractivity contribution is 5.98. The van der Waals surface area contributed by atoms with E-state index in [9.17, 15) is 4.79 Å². The zero-order valence-corrected chi connectivity index (χ0v) is 9.95. The van der Waals surface area contributed by atoms with Crippen molar-refractivity contribution in [1.82, 2.24) is 10.4 Å². The second kappa shape index (κ2) is 4.51. The summed E-state index contributed by atoms with van der Waals surface area (Å²) in [5.74, 6) is 4.84. The third-order valence-corrected chi connectivity index (χ3v) is 2.85. The Balaban J connectivity index is 2.64. The summed E-state index contributed by atoms with van der Waals surface area (Å²) in [7, 11) is 0. The normalized spacial score (nSPS) is 10.5. The summed E-state index contributed by atoms with van der Waals surface area (Å²) in [6.45, 7) is 3.90. The van der Waals surface area contributed by atoms with Gasteiger partial charge in [0.1, 0.15) is 0 Å². The highest BCUT2D eigenvalue weighted by atomic mass is 16.2. The number of rotatable bonds is 2. The fourth-order valence-corrected chi connectivity index (χ4v) is 1.85. The molecule has 0 fully saturated rings. The molecule has 17 heavy (non-hydrogen) atoms. The van der Waals surface area contributed by atoms with Gasteiger partial charge in [-0.3, -0.25) is 15.2 Å². The molecule has 0 saturated carbocycles. The fraction of sp³-hybridized carbons (Fsp3) is 0.231. The fourth-order valence-electron chi connectivity index (χ4n) is 1.85. The van der Waals surface area contributed by atoms with E-state index in [-0.39, 0.29) is 5.91 Å². The second-order valence-corrected chi connectivity index (χ2v) is 3.98. The first-order valence-electron chi connectivity index (χ1n) is 5.57. The van der Waals surface area contributed by atoms with Crippen molar-refractivity contribution in [3.8, 4) is 0 Å². The van der Waals surface area contributed by atoms with Crippen molar-refractivity contribution in [2.24, 2.45) is 5.84 Å². The Morgan fingerprint density at radius 3 is 2.82 bits per heavy atom. The van der Waals surface area contributed by atoms with E-state index in [0.29, 0.717) is 11.3 Å². The molecule has 0 bridgehead atoms. The van der Waals surface area contributed by atoms with Crippen LogP contribution in [-0.4, -0.2) is 10.9 Å². The molecule has 0 saturated heterocycles. The van der Waals surface area contributed by atoms with Gasteiger partial charge in [0.2, 0.25) is 0 Å². The van der Waals surface area contributed by atoms with E-state index in [0.717, 1.165) is 17.3 Å². The molecule has 0 aliphatic carbocycles. The summed E-state index contributed by atoms with van der Waals surface area (Å²) < 4.78 is 0. The number of amides is 1. The molecule has 4 nitrogen and oxygen atoms in total. The number of hydrogen-bond acceptors (Lipinski definition) is 3. The average Bonchev–Trinajstić information content (AvgIpc) is 2.36. The number of aromatic nitrogens is 1.